The van der Waals surface area contributed by atoms with Gasteiger partial charge in [-0.1, -0.05) is 43.7 Å². The molecule has 2 rings (SSSR count). The van der Waals surface area contributed by atoms with Gasteiger partial charge in [0.05, 0.1) is 0 Å². The van der Waals surface area contributed by atoms with E-state index >= 15 is 0 Å². The van der Waals surface area contributed by atoms with Crippen molar-refractivity contribution in [2.45, 2.75) is 25.3 Å². The van der Waals surface area contributed by atoms with Crippen LogP contribution in [0.1, 0.15) is 25.3 Å². The summed E-state index contributed by atoms with van der Waals surface area (Å²) in [6.07, 6.45) is 1.43. The van der Waals surface area contributed by atoms with Gasteiger partial charge in [0.25, 0.3) is 0 Å². The Morgan fingerprint density at radius 2 is 1.70 bits per heavy atom. The van der Waals surface area contributed by atoms with Crippen LogP contribution in [0.2, 0.25) is 0 Å². The lowest BCUT2D eigenvalue weighted by Gasteiger charge is -2.28. The van der Waals surface area contributed by atoms with E-state index in [1.54, 1.807) is 0 Å². The van der Waals surface area contributed by atoms with E-state index in [-0.39, 0.29) is 5.91 Å². The Bertz CT molecular complexity index is 637. The van der Waals surface area contributed by atoms with Gasteiger partial charge in [-0.15, -0.1) is 0 Å². The average molecular weight is 311 g/mol. The van der Waals surface area contributed by atoms with Crippen molar-refractivity contribution in [2.24, 2.45) is 5.73 Å². The standard InChI is InChI=1S/C19H25N3O/c1-4-14-19(20,15-8-6-5-7-9-15)18(23)21-16-10-12-17(13-11-16)22(2)3/h5-13H,4,14,20H2,1-3H3,(H,21,23). The fourth-order valence-electron chi connectivity index (χ4n) is 2.60. The van der Waals surface area contributed by atoms with Crippen LogP contribution in [0.25, 0.3) is 0 Å². The summed E-state index contributed by atoms with van der Waals surface area (Å²) >= 11 is 0. The number of carbonyl (C=O) groups excluding carboxylic acids is 1. The maximum absolute atomic E-state index is 12.8. The molecule has 0 aromatic heterocycles. The van der Waals surface area contributed by atoms with Gasteiger partial charge in [-0.05, 0) is 36.2 Å². The molecule has 4 nitrogen and oxygen atoms in total. The van der Waals surface area contributed by atoms with Crippen molar-refractivity contribution in [3.05, 3.63) is 60.2 Å². The number of benzene rings is 2. The highest BCUT2D eigenvalue weighted by Gasteiger charge is 2.34. The van der Waals surface area contributed by atoms with E-state index in [1.807, 2.05) is 80.5 Å². The Balaban J connectivity index is 2.21. The Morgan fingerprint density at radius 1 is 1.09 bits per heavy atom. The number of nitrogens with one attached hydrogen (secondary N) is 1. The molecular weight excluding hydrogens is 286 g/mol. The monoisotopic (exact) mass is 311 g/mol. The van der Waals surface area contributed by atoms with Gasteiger partial charge >= 0.3 is 0 Å². The van der Waals surface area contributed by atoms with E-state index in [4.69, 9.17) is 5.73 Å². The summed E-state index contributed by atoms with van der Waals surface area (Å²) < 4.78 is 0. The smallest absolute Gasteiger partial charge is 0.249 e. The number of hydrogen-bond acceptors (Lipinski definition) is 3. The summed E-state index contributed by atoms with van der Waals surface area (Å²) in [5.41, 5.74) is 8.13. The SMILES string of the molecule is CCCC(N)(C(=O)Nc1ccc(N(C)C)cc1)c1ccccc1. The van der Waals surface area contributed by atoms with Gasteiger partial charge in [-0.25, -0.2) is 0 Å². The van der Waals surface area contributed by atoms with Crippen LogP contribution in [-0.4, -0.2) is 20.0 Å². The number of nitrogens with two attached hydrogens (primary N) is 1. The van der Waals surface area contributed by atoms with Gasteiger partial charge in [0.15, 0.2) is 0 Å². The summed E-state index contributed by atoms with van der Waals surface area (Å²) in [6, 6.07) is 17.3. The van der Waals surface area contributed by atoms with E-state index in [0.29, 0.717) is 6.42 Å². The Hall–Kier alpha value is -2.33. The summed E-state index contributed by atoms with van der Waals surface area (Å²) in [4.78, 5) is 14.8. The second-order valence-electron chi connectivity index (χ2n) is 5.98. The first kappa shape index (κ1) is 17.0. The third-order valence-electron chi connectivity index (χ3n) is 3.98. The topological polar surface area (TPSA) is 58.4 Å². The lowest BCUT2D eigenvalue weighted by molar-refractivity contribution is -0.121. The predicted molar refractivity (Wildman–Crippen MR) is 96.6 cm³/mol. The van der Waals surface area contributed by atoms with E-state index in [1.165, 1.54) is 0 Å². The first-order valence-corrected chi connectivity index (χ1v) is 7.90. The van der Waals surface area contributed by atoms with Crippen molar-refractivity contribution in [3.8, 4) is 0 Å². The second-order valence-corrected chi connectivity index (χ2v) is 5.98. The number of carbonyl (C=O) groups is 1. The molecule has 1 amide bonds. The van der Waals surface area contributed by atoms with E-state index in [9.17, 15) is 4.79 Å². The number of anilines is 2. The van der Waals surface area contributed by atoms with Crippen molar-refractivity contribution >= 4 is 17.3 Å². The molecule has 23 heavy (non-hydrogen) atoms. The molecule has 0 heterocycles. The summed E-state index contributed by atoms with van der Waals surface area (Å²) in [5, 5.41) is 2.95. The van der Waals surface area contributed by atoms with Crippen molar-refractivity contribution in [3.63, 3.8) is 0 Å². The Labute approximate surface area is 138 Å². The molecule has 4 heteroatoms. The van der Waals surface area contributed by atoms with Gasteiger partial charge in [0.1, 0.15) is 5.54 Å². The molecule has 0 fully saturated rings. The second kappa shape index (κ2) is 7.29. The van der Waals surface area contributed by atoms with Gasteiger partial charge in [0, 0.05) is 25.5 Å². The van der Waals surface area contributed by atoms with Crippen LogP contribution in [0.4, 0.5) is 11.4 Å². The maximum Gasteiger partial charge on any atom is 0.249 e. The normalized spacial score (nSPS) is 13.2. The molecule has 0 spiro atoms. The van der Waals surface area contributed by atoms with Crippen molar-refractivity contribution < 1.29 is 4.79 Å². The van der Waals surface area contributed by atoms with Crippen molar-refractivity contribution in [2.75, 3.05) is 24.3 Å². The molecule has 0 radical (unpaired) electrons. The fourth-order valence-corrected chi connectivity index (χ4v) is 2.60. The van der Waals surface area contributed by atoms with Crippen LogP contribution >= 0.6 is 0 Å². The van der Waals surface area contributed by atoms with E-state index in [0.717, 1.165) is 23.4 Å². The zero-order valence-electron chi connectivity index (χ0n) is 14.0. The first-order valence-electron chi connectivity index (χ1n) is 7.90. The summed E-state index contributed by atoms with van der Waals surface area (Å²) in [5.74, 6) is -0.178. The molecule has 1 unspecified atom stereocenters. The zero-order chi connectivity index (χ0) is 16.9. The minimum atomic E-state index is -1.02. The van der Waals surface area contributed by atoms with Crippen molar-refractivity contribution in [1.29, 1.82) is 0 Å². The molecule has 2 aromatic rings. The van der Waals surface area contributed by atoms with Crippen LogP contribution in [0, 0.1) is 0 Å². The molecule has 0 bridgehead atoms. The highest BCUT2D eigenvalue weighted by molar-refractivity contribution is 5.98. The predicted octanol–water partition coefficient (Wildman–Crippen LogP) is 3.35. The number of hydrogen-bond donors (Lipinski definition) is 2. The molecule has 0 saturated carbocycles. The third kappa shape index (κ3) is 3.90. The lowest BCUT2D eigenvalue weighted by atomic mass is 9.85. The molecular formula is C19H25N3O. The highest BCUT2D eigenvalue weighted by Crippen LogP contribution is 2.26. The van der Waals surface area contributed by atoms with Crippen LogP contribution in [-0.2, 0) is 10.3 Å². The molecule has 0 saturated heterocycles. The quantitative estimate of drug-likeness (QED) is 0.860. The average Bonchev–Trinajstić information content (AvgIpc) is 2.56. The highest BCUT2D eigenvalue weighted by atomic mass is 16.2. The largest absolute Gasteiger partial charge is 0.378 e. The van der Waals surface area contributed by atoms with Crippen LogP contribution in [0.5, 0.6) is 0 Å². The number of nitrogens with zero attached hydrogens (tertiary/aromatic N) is 1. The number of amides is 1. The molecule has 3 N–H and O–H groups in total. The minimum absolute atomic E-state index is 0.178. The first-order chi connectivity index (χ1) is 11.0. The lowest BCUT2D eigenvalue weighted by Crippen LogP contribution is -2.48. The molecule has 0 aliphatic carbocycles. The van der Waals surface area contributed by atoms with Crippen LogP contribution in [0.3, 0.4) is 0 Å². The van der Waals surface area contributed by atoms with Gasteiger partial charge in [-0.3, -0.25) is 4.79 Å². The van der Waals surface area contributed by atoms with Gasteiger partial charge < -0.3 is 16.0 Å². The molecule has 1 atom stereocenters. The molecule has 0 aliphatic heterocycles. The van der Waals surface area contributed by atoms with Crippen LogP contribution < -0.4 is 16.0 Å². The maximum atomic E-state index is 12.8. The Morgan fingerprint density at radius 3 is 2.22 bits per heavy atom. The third-order valence-corrected chi connectivity index (χ3v) is 3.98. The van der Waals surface area contributed by atoms with Crippen molar-refractivity contribution in [1.82, 2.24) is 0 Å². The molecule has 122 valence electrons. The summed E-state index contributed by atoms with van der Waals surface area (Å²) in [7, 11) is 3.96. The number of rotatable bonds is 6. The Kier molecular flexibility index (Phi) is 5.40. The van der Waals surface area contributed by atoms with Gasteiger partial charge in [0.2, 0.25) is 5.91 Å². The fraction of sp³-hybridized carbons (Fsp3) is 0.316. The van der Waals surface area contributed by atoms with Crippen LogP contribution in [0.15, 0.2) is 54.6 Å². The zero-order valence-corrected chi connectivity index (χ0v) is 14.0. The molecule has 0 aliphatic rings. The minimum Gasteiger partial charge on any atom is -0.378 e. The molecule has 2 aromatic carbocycles. The summed E-state index contributed by atoms with van der Waals surface area (Å²) in [6.45, 7) is 2.03. The van der Waals surface area contributed by atoms with Gasteiger partial charge in [-0.2, -0.15) is 0 Å². The van der Waals surface area contributed by atoms with E-state index < -0.39 is 5.54 Å². The van der Waals surface area contributed by atoms with E-state index in [2.05, 4.69) is 5.32 Å².